The van der Waals surface area contributed by atoms with E-state index in [1.54, 1.807) is 6.07 Å². The molecule has 0 amide bonds. The van der Waals surface area contributed by atoms with Crippen molar-refractivity contribution >= 4 is 15.9 Å². The predicted octanol–water partition coefficient (Wildman–Crippen LogP) is 5.39. The maximum Gasteiger partial charge on any atom is 0.127 e. The Labute approximate surface area is 128 Å². The molecule has 2 rings (SSSR count). The van der Waals surface area contributed by atoms with Crippen molar-refractivity contribution in [2.45, 2.75) is 32.4 Å². The average molecular weight is 336 g/mol. The van der Waals surface area contributed by atoms with Crippen molar-refractivity contribution in [3.05, 3.63) is 69.9 Å². The Balaban J connectivity index is 2.16. The minimum absolute atomic E-state index is 0.0187. The normalized spacial score (nSPS) is 14.0. The molecule has 1 nitrogen and oxygen atoms in total. The lowest BCUT2D eigenvalue weighted by molar-refractivity contribution is 0.439. The van der Waals surface area contributed by atoms with Gasteiger partial charge in [0.1, 0.15) is 5.82 Å². The van der Waals surface area contributed by atoms with Gasteiger partial charge in [-0.1, -0.05) is 53.2 Å². The third-order valence-corrected chi connectivity index (χ3v) is 3.98. The van der Waals surface area contributed by atoms with Crippen LogP contribution in [0.3, 0.4) is 0 Å². The first-order valence-corrected chi connectivity index (χ1v) is 7.67. The molecule has 0 saturated carbocycles. The van der Waals surface area contributed by atoms with Gasteiger partial charge >= 0.3 is 0 Å². The van der Waals surface area contributed by atoms with Gasteiger partial charge in [0, 0.05) is 22.1 Å². The minimum Gasteiger partial charge on any atom is -0.303 e. The lowest BCUT2D eigenvalue weighted by atomic mass is 10.0. The quantitative estimate of drug-likeness (QED) is 0.772. The Morgan fingerprint density at radius 3 is 2.55 bits per heavy atom. The second-order valence-electron chi connectivity index (χ2n) is 4.93. The zero-order chi connectivity index (χ0) is 14.5. The third-order valence-electron chi connectivity index (χ3n) is 3.49. The van der Waals surface area contributed by atoms with E-state index in [1.807, 2.05) is 24.3 Å². The first kappa shape index (κ1) is 15.2. The van der Waals surface area contributed by atoms with Crippen molar-refractivity contribution in [3.8, 4) is 0 Å². The highest BCUT2D eigenvalue weighted by molar-refractivity contribution is 9.10. The molecule has 0 saturated heterocycles. The average Bonchev–Trinajstić information content (AvgIpc) is 2.45. The van der Waals surface area contributed by atoms with Crippen molar-refractivity contribution in [1.82, 2.24) is 5.32 Å². The molecule has 2 atom stereocenters. The van der Waals surface area contributed by atoms with Crippen LogP contribution in [0.2, 0.25) is 0 Å². The highest BCUT2D eigenvalue weighted by Crippen LogP contribution is 2.25. The van der Waals surface area contributed by atoms with Gasteiger partial charge in [0.2, 0.25) is 0 Å². The van der Waals surface area contributed by atoms with Crippen molar-refractivity contribution in [3.63, 3.8) is 0 Å². The lowest BCUT2D eigenvalue weighted by Crippen LogP contribution is -2.25. The van der Waals surface area contributed by atoms with Crippen LogP contribution in [0.1, 0.15) is 43.5 Å². The maximum absolute atomic E-state index is 13.9. The monoisotopic (exact) mass is 335 g/mol. The number of hydrogen-bond donors (Lipinski definition) is 1. The second kappa shape index (κ2) is 7.00. The molecule has 0 aromatic heterocycles. The molecule has 0 radical (unpaired) electrons. The molecule has 1 unspecified atom stereocenters. The van der Waals surface area contributed by atoms with Crippen LogP contribution in [0.4, 0.5) is 4.39 Å². The van der Waals surface area contributed by atoms with Gasteiger partial charge in [0.15, 0.2) is 0 Å². The standard InChI is InChI=1S/C17H19BrFN/c1-3-17(15-9-4-5-10-16(15)19)20-12(2)13-7-6-8-14(18)11-13/h4-12,17,20H,3H2,1-2H3/t12-,17?/m0/s1. The summed E-state index contributed by atoms with van der Waals surface area (Å²) in [6.07, 6.45) is 0.847. The van der Waals surface area contributed by atoms with Crippen LogP contribution in [0.25, 0.3) is 0 Å². The Hall–Kier alpha value is -1.19. The van der Waals surface area contributed by atoms with Crippen LogP contribution < -0.4 is 5.32 Å². The molecule has 2 aromatic carbocycles. The summed E-state index contributed by atoms with van der Waals surface area (Å²) in [6, 6.07) is 15.3. The summed E-state index contributed by atoms with van der Waals surface area (Å²) < 4.78 is 15.0. The molecule has 106 valence electrons. The number of benzene rings is 2. The van der Waals surface area contributed by atoms with Crippen LogP contribution in [-0.4, -0.2) is 0 Å². The van der Waals surface area contributed by atoms with Gasteiger partial charge in [-0.15, -0.1) is 0 Å². The summed E-state index contributed by atoms with van der Waals surface area (Å²) in [4.78, 5) is 0. The molecule has 20 heavy (non-hydrogen) atoms. The van der Waals surface area contributed by atoms with Crippen molar-refractivity contribution < 1.29 is 4.39 Å². The first-order chi connectivity index (χ1) is 9.61. The molecule has 1 N–H and O–H groups in total. The van der Waals surface area contributed by atoms with Crippen LogP contribution in [0.15, 0.2) is 53.0 Å². The summed E-state index contributed by atoms with van der Waals surface area (Å²) in [5, 5.41) is 3.51. The third kappa shape index (κ3) is 3.68. The number of hydrogen-bond acceptors (Lipinski definition) is 1. The summed E-state index contributed by atoms with van der Waals surface area (Å²) in [5.74, 6) is -0.145. The van der Waals surface area contributed by atoms with Crippen LogP contribution in [-0.2, 0) is 0 Å². The number of rotatable bonds is 5. The SMILES string of the molecule is CCC(N[C@@H](C)c1cccc(Br)c1)c1ccccc1F. The van der Waals surface area contributed by atoms with Crippen molar-refractivity contribution in [2.75, 3.05) is 0 Å². The molecule has 0 aliphatic rings. The fourth-order valence-electron chi connectivity index (χ4n) is 2.36. The summed E-state index contributed by atoms with van der Waals surface area (Å²) in [7, 11) is 0. The van der Waals surface area contributed by atoms with Crippen molar-refractivity contribution in [2.24, 2.45) is 0 Å². The van der Waals surface area contributed by atoms with Crippen LogP contribution in [0.5, 0.6) is 0 Å². The molecule has 0 heterocycles. The Bertz CT molecular complexity index is 570. The lowest BCUT2D eigenvalue weighted by Gasteiger charge is -2.23. The van der Waals surface area contributed by atoms with E-state index in [-0.39, 0.29) is 17.9 Å². The first-order valence-electron chi connectivity index (χ1n) is 6.87. The van der Waals surface area contributed by atoms with Crippen LogP contribution in [0, 0.1) is 5.82 Å². The summed E-state index contributed by atoms with van der Waals surface area (Å²) >= 11 is 3.48. The molecule has 0 spiro atoms. The van der Waals surface area contributed by atoms with Gasteiger partial charge in [-0.05, 0) is 37.1 Å². The van der Waals surface area contributed by atoms with E-state index < -0.39 is 0 Å². The molecule has 3 heteroatoms. The van der Waals surface area contributed by atoms with E-state index in [4.69, 9.17) is 0 Å². The van der Waals surface area contributed by atoms with Gasteiger partial charge in [-0.25, -0.2) is 4.39 Å². The highest BCUT2D eigenvalue weighted by atomic mass is 79.9. The minimum atomic E-state index is -0.145. The largest absolute Gasteiger partial charge is 0.303 e. The Kier molecular flexibility index (Phi) is 5.32. The number of halogens is 2. The molecular weight excluding hydrogens is 317 g/mol. The Morgan fingerprint density at radius 2 is 1.90 bits per heavy atom. The topological polar surface area (TPSA) is 12.0 Å². The summed E-state index contributed by atoms with van der Waals surface area (Å²) in [6.45, 7) is 4.17. The van der Waals surface area contributed by atoms with Crippen molar-refractivity contribution in [1.29, 1.82) is 0 Å². The van der Waals surface area contributed by atoms with E-state index in [0.717, 1.165) is 16.5 Å². The molecular formula is C17H19BrFN. The molecule has 2 aromatic rings. The van der Waals surface area contributed by atoms with Gasteiger partial charge in [-0.2, -0.15) is 0 Å². The van der Waals surface area contributed by atoms with E-state index in [9.17, 15) is 4.39 Å². The predicted molar refractivity (Wildman–Crippen MR) is 85.1 cm³/mol. The summed E-state index contributed by atoms with van der Waals surface area (Å²) in [5.41, 5.74) is 1.92. The molecule has 0 aliphatic carbocycles. The fourth-order valence-corrected chi connectivity index (χ4v) is 2.78. The molecule has 0 bridgehead atoms. The number of nitrogens with one attached hydrogen (secondary N) is 1. The molecule has 0 fully saturated rings. The second-order valence-corrected chi connectivity index (χ2v) is 5.84. The maximum atomic E-state index is 13.9. The van der Waals surface area contributed by atoms with Crippen LogP contribution >= 0.6 is 15.9 Å². The van der Waals surface area contributed by atoms with Gasteiger partial charge in [0.05, 0.1) is 0 Å². The van der Waals surface area contributed by atoms with E-state index in [0.29, 0.717) is 0 Å². The zero-order valence-electron chi connectivity index (χ0n) is 11.7. The smallest absolute Gasteiger partial charge is 0.127 e. The van der Waals surface area contributed by atoms with Gasteiger partial charge < -0.3 is 5.32 Å². The van der Waals surface area contributed by atoms with E-state index in [1.165, 1.54) is 11.6 Å². The molecule has 0 aliphatic heterocycles. The zero-order valence-corrected chi connectivity index (χ0v) is 13.3. The van der Waals surface area contributed by atoms with E-state index in [2.05, 4.69) is 47.2 Å². The Morgan fingerprint density at radius 1 is 1.15 bits per heavy atom. The fraction of sp³-hybridized carbons (Fsp3) is 0.294. The van der Waals surface area contributed by atoms with E-state index >= 15 is 0 Å². The van der Waals surface area contributed by atoms with Gasteiger partial charge in [0.25, 0.3) is 0 Å². The van der Waals surface area contributed by atoms with Gasteiger partial charge in [-0.3, -0.25) is 0 Å². The highest BCUT2D eigenvalue weighted by Gasteiger charge is 2.16.